The van der Waals surface area contributed by atoms with Gasteiger partial charge in [0.1, 0.15) is 0 Å². The Labute approximate surface area is 294 Å². The minimum Gasteiger partial charge on any atom is -0.493 e. The number of methoxy groups -OCH3 is 2. The molecule has 0 spiro atoms. The number of hydrogen-bond acceptors (Lipinski definition) is 9. The molecule has 0 unspecified atom stereocenters. The van der Waals surface area contributed by atoms with E-state index in [1.54, 1.807) is 56.7 Å². The minimum absolute atomic E-state index is 0.166. The SMILES string of the molecule is CCOC(=O)C1=C(C)N=c2s/c(=C\c3cn(Cc4ccc(C(=O)OCC)cc4)c4ccccc34)c(=O)n2[C@H]1c1cc(OC)c(OC)cc1Br. The van der Waals surface area contributed by atoms with Crippen molar-refractivity contribution in [3.63, 3.8) is 0 Å². The molecule has 0 saturated carbocycles. The van der Waals surface area contributed by atoms with Crippen LogP contribution in [0.3, 0.4) is 0 Å². The van der Waals surface area contributed by atoms with Crippen LogP contribution in [0.15, 0.2) is 92.4 Å². The Kier molecular flexibility index (Phi) is 9.89. The van der Waals surface area contributed by atoms with Gasteiger partial charge in [0, 0.05) is 33.7 Å². The van der Waals surface area contributed by atoms with Crippen molar-refractivity contribution in [3.8, 4) is 11.5 Å². The van der Waals surface area contributed by atoms with Crippen molar-refractivity contribution >= 4 is 56.2 Å². The molecule has 49 heavy (non-hydrogen) atoms. The number of esters is 2. The number of carbonyl (C=O) groups is 2. The molecule has 0 bridgehead atoms. The first-order valence-electron chi connectivity index (χ1n) is 15.6. The van der Waals surface area contributed by atoms with Crippen LogP contribution in [0.4, 0.5) is 0 Å². The molecule has 252 valence electrons. The average molecular weight is 745 g/mol. The van der Waals surface area contributed by atoms with Gasteiger partial charge in [0.05, 0.1) is 54.8 Å². The van der Waals surface area contributed by atoms with Gasteiger partial charge >= 0.3 is 11.9 Å². The predicted molar refractivity (Wildman–Crippen MR) is 191 cm³/mol. The monoisotopic (exact) mass is 743 g/mol. The number of nitrogens with zero attached hydrogens (tertiary/aromatic N) is 3. The summed E-state index contributed by atoms with van der Waals surface area (Å²) in [4.78, 5) is 45.1. The molecule has 0 aliphatic carbocycles. The molecular weight excluding hydrogens is 710 g/mol. The van der Waals surface area contributed by atoms with Crippen molar-refractivity contribution in [2.45, 2.75) is 33.4 Å². The summed E-state index contributed by atoms with van der Waals surface area (Å²) in [5.74, 6) is 0.0388. The molecule has 1 aliphatic rings. The van der Waals surface area contributed by atoms with Crippen LogP contribution in [0.1, 0.15) is 53.9 Å². The highest BCUT2D eigenvalue weighted by atomic mass is 79.9. The molecule has 0 amide bonds. The van der Waals surface area contributed by atoms with E-state index in [0.29, 0.717) is 55.3 Å². The maximum atomic E-state index is 14.4. The van der Waals surface area contributed by atoms with Crippen molar-refractivity contribution in [2.75, 3.05) is 27.4 Å². The lowest BCUT2D eigenvalue weighted by atomic mass is 9.95. The van der Waals surface area contributed by atoms with Gasteiger partial charge in [0.15, 0.2) is 16.3 Å². The first-order chi connectivity index (χ1) is 23.7. The van der Waals surface area contributed by atoms with Crippen LogP contribution < -0.4 is 24.4 Å². The van der Waals surface area contributed by atoms with Gasteiger partial charge in [0.25, 0.3) is 5.56 Å². The molecule has 6 rings (SSSR count). The van der Waals surface area contributed by atoms with Crippen molar-refractivity contribution in [1.29, 1.82) is 0 Å². The van der Waals surface area contributed by atoms with Gasteiger partial charge in [0.2, 0.25) is 0 Å². The molecule has 0 radical (unpaired) electrons. The van der Waals surface area contributed by atoms with Crippen LogP contribution in [0.2, 0.25) is 0 Å². The van der Waals surface area contributed by atoms with Crippen LogP contribution in [0, 0.1) is 0 Å². The first kappa shape index (κ1) is 33.9. The molecule has 0 saturated heterocycles. The van der Waals surface area contributed by atoms with Gasteiger partial charge in [-0.3, -0.25) is 9.36 Å². The second kappa shape index (κ2) is 14.3. The standard InChI is InChI=1S/C37H34BrN3O7S/c1-6-47-35(43)23-14-12-22(13-15-23)19-40-20-24(25-10-8-9-11-28(25)40)16-31-34(42)41-33(26-17-29(45-4)30(46-5)18-27(26)38)32(36(44)48-7-2)21(3)39-37(41)49-31/h8-18,20,33H,6-7,19H2,1-5H3/b31-16-/t33-/m0/s1. The van der Waals surface area contributed by atoms with Crippen molar-refractivity contribution < 1.29 is 28.5 Å². The largest absolute Gasteiger partial charge is 0.493 e. The molecule has 5 aromatic rings. The van der Waals surface area contributed by atoms with E-state index in [1.807, 2.05) is 48.7 Å². The van der Waals surface area contributed by atoms with Crippen LogP contribution in [0.5, 0.6) is 11.5 Å². The third-order valence-electron chi connectivity index (χ3n) is 8.24. The maximum absolute atomic E-state index is 14.4. The Morgan fingerprint density at radius 2 is 1.63 bits per heavy atom. The maximum Gasteiger partial charge on any atom is 0.338 e. The number of fused-ring (bicyclic) bond motifs is 2. The molecule has 1 aliphatic heterocycles. The van der Waals surface area contributed by atoms with Gasteiger partial charge in [-0.2, -0.15) is 0 Å². The fourth-order valence-corrected chi connectivity index (χ4v) is 7.56. The lowest BCUT2D eigenvalue weighted by molar-refractivity contribution is -0.139. The molecule has 3 aromatic carbocycles. The number of aromatic nitrogens is 2. The summed E-state index contributed by atoms with van der Waals surface area (Å²) in [6, 6.07) is 18.0. The highest BCUT2D eigenvalue weighted by Gasteiger charge is 2.35. The Bertz CT molecular complexity index is 2300. The number of ether oxygens (including phenoxy) is 4. The summed E-state index contributed by atoms with van der Waals surface area (Å²) >= 11 is 4.91. The summed E-state index contributed by atoms with van der Waals surface area (Å²) < 4.78 is 26.4. The van der Waals surface area contributed by atoms with Crippen LogP contribution in [-0.4, -0.2) is 48.5 Å². The quantitative estimate of drug-likeness (QED) is 0.168. The molecule has 3 heterocycles. The van der Waals surface area contributed by atoms with Gasteiger partial charge in [-0.1, -0.05) is 57.6 Å². The van der Waals surface area contributed by atoms with E-state index < -0.39 is 12.0 Å². The van der Waals surface area contributed by atoms with E-state index in [-0.39, 0.29) is 23.7 Å². The Morgan fingerprint density at radius 3 is 2.33 bits per heavy atom. The topological polar surface area (TPSA) is 110 Å². The molecule has 12 heteroatoms. The number of hydrogen-bond donors (Lipinski definition) is 0. The van der Waals surface area contributed by atoms with E-state index in [2.05, 4.69) is 20.5 Å². The first-order valence-corrected chi connectivity index (χ1v) is 17.2. The summed E-state index contributed by atoms with van der Waals surface area (Å²) in [6.45, 7) is 6.29. The normalized spacial score (nSPS) is 14.4. The number of benzene rings is 3. The highest BCUT2D eigenvalue weighted by molar-refractivity contribution is 9.10. The molecule has 0 N–H and O–H groups in total. The van der Waals surface area contributed by atoms with E-state index in [1.165, 1.54) is 18.4 Å². The van der Waals surface area contributed by atoms with E-state index in [9.17, 15) is 14.4 Å². The summed E-state index contributed by atoms with van der Waals surface area (Å²) in [5.41, 5.74) is 4.39. The molecular formula is C37H34BrN3O7S. The van der Waals surface area contributed by atoms with Crippen molar-refractivity contribution in [2.24, 2.45) is 4.99 Å². The number of allylic oxidation sites excluding steroid dienone is 1. The third-order valence-corrected chi connectivity index (χ3v) is 9.91. The molecule has 2 aromatic heterocycles. The highest BCUT2D eigenvalue weighted by Crippen LogP contribution is 2.41. The van der Waals surface area contributed by atoms with Gasteiger partial charge in [-0.15, -0.1) is 0 Å². The smallest absolute Gasteiger partial charge is 0.338 e. The van der Waals surface area contributed by atoms with Gasteiger partial charge in [-0.25, -0.2) is 14.6 Å². The fourth-order valence-electron chi connectivity index (χ4n) is 5.98. The number of thiazole rings is 1. The zero-order valence-electron chi connectivity index (χ0n) is 27.6. The fraction of sp³-hybridized carbons (Fsp3) is 0.243. The van der Waals surface area contributed by atoms with Crippen LogP contribution >= 0.6 is 27.3 Å². The summed E-state index contributed by atoms with van der Waals surface area (Å²) in [6.07, 6.45) is 3.89. The number of rotatable bonds is 10. The number of carbonyl (C=O) groups excluding carboxylic acids is 2. The molecule has 0 fully saturated rings. The molecule has 10 nitrogen and oxygen atoms in total. The van der Waals surface area contributed by atoms with E-state index >= 15 is 0 Å². The van der Waals surface area contributed by atoms with Crippen molar-refractivity contribution in [1.82, 2.24) is 9.13 Å². The summed E-state index contributed by atoms with van der Waals surface area (Å²) in [7, 11) is 3.07. The summed E-state index contributed by atoms with van der Waals surface area (Å²) in [5, 5.41) is 0.971. The van der Waals surface area contributed by atoms with Crippen LogP contribution in [-0.2, 0) is 20.8 Å². The number of halogens is 1. The van der Waals surface area contributed by atoms with Gasteiger partial charge in [-0.05, 0) is 68.3 Å². The predicted octanol–water partition coefficient (Wildman–Crippen LogP) is 5.76. The molecule has 1 atom stereocenters. The van der Waals surface area contributed by atoms with Gasteiger partial charge < -0.3 is 23.5 Å². The number of para-hydroxylation sites is 1. The second-order valence-corrected chi connectivity index (χ2v) is 13.0. The lowest BCUT2D eigenvalue weighted by Crippen LogP contribution is -2.40. The van der Waals surface area contributed by atoms with Crippen LogP contribution in [0.25, 0.3) is 17.0 Å². The average Bonchev–Trinajstić information content (AvgIpc) is 3.60. The minimum atomic E-state index is -0.842. The Morgan fingerprint density at radius 1 is 0.959 bits per heavy atom. The Hall–Kier alpha value is -4.94. The lowest BCUT2D eigenvalue weighted by Gasteiger charge is -2.26. The zero-order valence-corrected chi connectivity index (χ0v) is 30.0. The van der Waals surface area contributed by atoms with E-state index in [0.717, 1.165) is 22.0 Å². The third kappa shape index (κ3) is 6.45. The van der Waals surface area contributed by atoms with Crippen molar-refractivity contribution in [3.05, 3.63) is 125 Å². The zero-order chi connectivity index (χ0) is 34.8. The Balaban J connectivity index is 1.48. The van der Waals surface area contributed by atoms with E-state index in [4.69, 9.17) is 23.9 Å². The second-order valence-electron chi connectivity index (χ2n) is 11.2.